The second-order valence-corrected chi connectivity index (χ2v) is 11.6. The Labute approximate surface area is 260 Å². The molecule has 0 radical (unpaired) electrons. The van der Waals surface area contributed by atoms with E-state index in [2.05, 4.69) is 20.9 Å². The van der Waals surface area contributed by atoms with Gasteiger partial charge in [-0.05, 0) is 80.0 Å². The molecule has 1 heterocycles. The number of H-pyrrole nitrogens is 1. The molecular weight excluding hydrogens is 584 g/mol. The summed E-state index contributed by atoms with van der Waals surface area (Å²) in [4.78, 5) is 55.2. The molecule has 0 saturated carbocycles. The van der Waals surface area contributed by atoms with Gasteiger partial charge in [-0.15, -0.1) is 0 Å². The minimum atomic E-state index is -1.16. The van der Waals surface area contributed by atoms with E-state index in [1.807, 2.05) is 30.5 Å². The molecule has 3 aromatic rings. The van der Waals surface area contributed by atoms with E-state index in [-0.39, 0.29) is 31.4 Å². The lowest BCUT2D eigenvalue weighted by atomic mass is 10.0. The first-order chi connectivity index (χ1) is 21.1. The van der Waals surface area contributed by atoms with Crippen LogP contribution in [0, 0.1) is 0 Å². The third kappa shape index (κ3) is 10.3. The van der Waals surface area contributed by atoms with Crippen LogP contribution >= 0.6 is 11.8 Å². The van der Waals surface area contributed by atoms with Gasteiger partial charge in [0.15, 0.2) is 0 Å². The number of carboxylic acid groups (broad SMARTS) is 1. The van der Waals surface area contributed by atoms with Crippen molar-refractivity contribution in [2.24, 2.45) is 11.5 Å². The fraction of sp³-hybridized carbons (Fsp3) is 0.419. The monoisotopic (exact) mass is 626 g/mol. The Morgan fingerprint density at radius 2 is 1.52 bits per heavy atom. The zero-order valence-corrected chi connectivity index (χ0v) is 25.6. The second-order valence-electron chi connectivity index (χ2n) is 10.6. The smallest absolute Gasteiger partial charge is 0.326 e. The zero-order chi connectivity index (χ0) is 32.1. The summed E-state index contributed by atoms with van der Waals surface area (Å²) < 4.78 is 0. The predicted octanol–water partition coefficient (Wildman–Crippen LogP) is 1.41. The van der Waals surface area contributed by atoms with E-state index < -0.39 is 47.9 Å². The first-order valence-electron chi connectivity index (χ1n) is 14.5. The first kappa shape index (κ1) is 34.4. The highest BCUT2D eigenvalue weighted by molar-refractivity contribution is 7.98. The van der Waals surface area contributed by atoms with Gasteiger partial charge in [0.05, 0.1) is 6.04 Å². The topological polar surface area (TPSA) is 213 Å². The molecule has 4 unspecified atom stereocenters. The number of rotatable bonds is 18. The predicted molar refractivity (Wildman–Crippen MR) is 171 cm³/mol. The van der Waals surface area contributed by atoms with Gasteiger partial charge in [-0.25, -0.2) is 4.79 Å². The molecule has 0 bridgehead atoms. The number of carboxylic acids is 1. The maximum atomic E-state index is 13.8. The van der Waals surface area contributed by atoms with Crippen LogP contribution in [0.2, 0.25) is 0 Å². The molecule has 0 aliphatic rings. The first-order valence-corrected chi connectivity index (χ1v) is 15.9. The number of aliphatic carboxylic acids is 1. The van der Waals surface area contributed by atoms with Crippen LogP contribution in [-0.4, -0.2) is 81.6 Å². The van der Waals surface area contributed by atoms with E-state index in [1.165, 1.54) is 23.9 Å². The van der Waals surface area contributed by atoms with Gasteiger partial charge in [-0.1, -0.05) is 30.3 Å². The molecule has 0 aliphatic heterocycles. The van der Waals surface area contributed by atoms with Gasteiger partial charge in [0.1, 0.15) is 23.9 Å². The maximum absolute atomic E-state index is 13.8. The Bertz CT molecular complexity index is 1400. The van der Waals surface area contributed by atoms with Gasteiger partial charge in [0.25, 0.3) is 0 Å². The fourth-order valence-electron chi connectivity index (χ4n) is 4.79. The average Bonchev–Trinajstić information content (AvgIpc) is 3.41. The standard InChI is InChI=1S/C31H42N6O6S/c1-44-15-13-26(31(42)43)36-29(40)25(8-4-5-14-32)35-30(41)27(17-20-18-34-24-7-3-2-6-22(20)24)37-28(39)23(33)16-19-9-11-21(38)12-10-19/h2-3,6-7,9-12,18,23,25-27,34,38H,4-5,8,13-17,32-33H2,1H3,(H,35,41)(H,36,40)(H,37,39)(H,42,43). The summed E-state index contributed by atoms with van der Waals surface area (Å²) in [5.41, 5.74) is 14.2. The summed E-state index contributed by atoms with van der Waals surface area (Å²) >= 11 is 1.46. The zero-order valence-electron chi connectivity index (χ0n) is 24.8. The van der Waals surface area contributed by atoms with Crippen LogP contribution in [0.1, 0.15) is 36.8 Å². The molecule has 44 heavy (non-hydrogen) atoms. The summed E-state index contributed by atoms with van der Waals surface area (Å²) in [5.74, 6) is -2.33. The van der Waals surface area contributed by atoms with Crippen molar-refractivity contribution in [3.63, 3.8) is 0 Å². The highest BCUT2D eigenvalue weighted by Gasteiger charge is 2.30. The number of phenolic OH excluding ortho intramolecular Hbond substituents is 1. The second kappa shape index (κ2) is 17.3. The number of aromatic hydroxyl groups is 1. The number of unbranched alkanes of at least 4 members (excludes halogenated alkanes) is 1. The highest BCUT2D eigenvalue weighted by Crippen LogP contribution is 2.20. The lowest BCUT2D eigenvalue weighted by Crippen LogP contribution is -2.57. The van der Waals surface area contributed by atoms with Gasteiger partial charge < -0.3 is 42.6 Å². The number of aromatic nitrogens is 1. The molecule has 12 nitrogen and oxygen atoms in total. The molecule has 3 amide bonds. The van der Waals surface area contributed by atoms with Gasteiger partial charge >= 0.3 is 5.97 Å². The number of amides is 3. The van der Waals surface area contributed by atoms with Gasteiger partial charge in [0.2, 0.25) is 17.7 Å². The van der Waals surface area contributed by atoms with Crippen LogP contribution in [0.15, 0.2) is 54.7 Å². The number of nitrogens with two attached hydrogens (primary N) is 2. The Kier molecular flexibility index (Phi) is 13.5. The largest absolute Gasteiger partial charge is 0.508 e. The van der Waals surface area contributed by atoms with E-state index in [1.54, 1.807) is 18.3 Å². The number of para-hydroxylation sites is 1. The summed E-state index contributed by atoms with van der Waals surface area (Å²) in [7, 11) is 0. The number of carbonyl (C=O) groups excluding carboxylic acids is 3. The van der Waals surface area contributed by atoms with Crippen LogP contribution in [0.25, 0.3) is 10.9 Å². The van der Waals surface area contributed by atoms with E-state index in [0.717, 1.165) is 22.0 Å². The Hall–Kier alpha value is -4.07. The molecule has 10 N–H and O–H groups in total. The lowest BCUT2D eigenvalue weighted by molar-refractivity contribution is -0.142. The number of carbonyl (C=O) groups is 4. The summed E-state index contributed by atoms with van der Waals surface area (Å²) in [6.07, 6.45) is 5.48. The van der Waals surface area contributed by atoms with E-state index in [9.17, 15) is 29.4 Å². The van der Waals surface area contributed by atoms with E-state index in [4.69, 9.17) is 11.5 Å². The number of fused-ring (bicyclic) bond motifs is 1. The number of phenols is 1. The Morgan fingerprint density at radius 3 is 2.20 bits per heavy atom. The number of nitrogens with one attached hydrogen (secondary N) is 4. The molecule has 2 aromatic carbocycles. The highest BCUT2D eigenvalue weighted by atomic mass is 32.2. The van der Waals surface area contributed by atoms with Crippen molar-refractivity contribution in [3.05, 3.63) is 65.9 Å². The van der Waals surface area contributed by atoms with Crippen molar-refractivity contribution >= 4 is 46.4 Å². The quantitative estimate of drug-likeness (QED) is 0.0957. The van der Waals surface area contributed by atoms with Crippen LogP contribution in [0.3, 0.4) is 0 Å². The number of aromatic amines is 1. The maximum Gasteiger partial charge on any atom is 0.326 e. The van der Waals surface area contributed by atoms with E-state index in [0.29, 0.717) is 25.1 Å². The van der Waals surface area contributed by atoms with Crippen molar-refractivity contribution in [2.45, 2.75) is 62.7 Å². The minimum Gasteiger partial charge on any atom is -0.508 e. The molecular formula is C31H42N6O6S. The Balaban J connectivity index is 1.82. The summed E-state index contributed by atoms with van der Waals surface area (Å²) in [6, 6.07) is 9.63. The Morgan fingerprint density at radius 1 is 0.864 bits per heavy atom. The number of benzene rings is 2. The van der Waals surface area contributed by atoms with Crippen molar-refractivity contribution < 1.29 is 29.4 Å². The third-order valence-electron chi connectivity index (χ3n) is 7.27. The molecule has 4 atom stereocenters. The third-order valence-corrected chi connectivity index (χ3v) is 7.91. The molecule has 238 valence electrons. The summed E-state index contributed by atoms with van der Waals surface area (Å²) in [5, 5.41) is 28.1. The molecule has 0 aliphatic carbocycles. The SMILES string of the molecule is CSCCC(NC(=O)C(CCCCN)NC(=O)C(Cc1c[nH]c2ccccc12)NC(=O)C(N)Cc1ccc(O)cc1)C(=O)O. The lowest BCUT2D eigenvalue weighted by Gasteiger charge is -2.25. The van der Waals surface area contributed by atoms with Gasteiger partial charge in [-0.2, -0.15) is 11.8 Å². The van der Waals surface area contributed by atoms with Crippen molar-refractivity contribution in [1.82, 2.24) is 20.9 Å². The van der Waals surface area contributed by atoms with Crippen molar-refractivity contribution in [1.29, 1.82) is 0 Å². The molecule has 3 rings (SSSR count). The van der Waals surface area contributed by atoms with Crippen molar-refractivity contribution in [3.8, 4) is 5.75 Å². The van der Waals surface area contributed by atoms with Crippen LogP contribution < -0.4 is 27.4 Å². The molecule has 0 fully saturated rings. The minimum absolute atomic E-state index is 0.0891. The average molecular weight is 627 g/mol. The molecule has 1 aromatic heterocycles. The van der Waals surface area contributed by atoms with Gasteiger partial charge in [0, 0.05) is 23.5 Å². The summed E-state index contributed by atoms with van der Waals surface area (Å²) in [6.45, 7) is 0.395. The van der Waals surface area contributed by atoms with Crippen LogP contribution in [0.4, 0.5) is 0 Å². The van der Waals surface area contributed by atoms with Crippen LogP contribution in [-0.2, 0) is 32.0 Å². The number of hydrogen-bond acceptors (Lipinski definition) is 8. The molecule has 0 spiro atoms. The van der Waals surface area contributed by atoms with Crippen LogP contribution in [0.5, 0.6) is 5.75 Å². The molecule has 0 saturated heterocycles. The number of hydrogen-bond donors (Lipinski definition) is 8. The molecule has 13 heteroatoms. The normalized spacial score (nSPS) is 13.9. The van der Waals surface area contributed by atoms with E-state index >= 15 is 0 Å². The van der Waals surface area contributed by atoms with Crippen molar-refractivity contribution in [2.75, 3.05) is 18.6 Å². The number of thioether (sulfide) groups is 1. The fourth-order valence-corrected chi connectivity index (χ4v) is 5.26. The van der Waals surface area contributed by atoms with Gasteiger partial charge in [-0.3, -0.25) is 14.4 Å².